The molecule has 3 N–H and O–H groups in total. The number of phenolic OH excluding ortho intramolecular Hbond substituents is 1. The molecule has 9 nitrogen and oxygen atoms in total. The normalized spacial score (nSPS) is 10.1. The van der Waals surface area contributed by atoms with Crippen molar-refractivity contribution in [2.75, 3.05) is 0 Å². The van der Waals surface area contributed by atoms with E-state index in [1.807, 2.05) is 0 Å². The van der Waals surface area contributed by atoms with Gasteiger partial charge in [-0.1, -0.05) is 0 Å². The van der Waals surface area contributed by atoms with Gasteiger partial charge < -0.3 is 10.3 Å². The van der Waals surface area contributed by atoms with Crippen molar-refractivity contribution in [3.63, 3.8) is 0 Å². The highest BCUT2D eigenvalue weighted by Crippen LogP contribution is 2.34. The van der Waals surface area contributed by atoms with Gasteiger partial charge in [0, 0.05) is 18.2 Å². The first-order valence-electron chi connectivity index (χ1n) is 3.99. The van der Waals surface area contributed by atoms with Crippen LogP contribution in [0.5, 0.6) is 5.75 Å². The second-order valence-electron chi connectivity index (χ2n) is 2.82. The lowest BCUT2D eigenvalue weighted by Crippen LogP contribution is -2.07. The standard InChI is InChI=1S/C7H7N3O6/c11-7-4(3-8-12)1-5(9(13)14)2-6(7)10(15)16/h1-2,8,11-12H,3H2. The van der Waals surface area contributed by atoms with Gasteiger partial charge in [-0.2, -0.15) is 0 Å². The molecule has 0 radical (unpaired) electrons. The number of nitrogens with one attached hydrogen (secondary N) is 1. The quantitative estimate of drug-likeness (QED) is 0.509. The van der Waals surface area contributed by atoms with Crippen LogP contribution in [0.3, 0.4) is 0 Å². The number of nitro groups is 2. The van der Waals surface area contributed by atoms with E-state index < -0.39 is 27.0 Å². The van der Waals surface area contributed by atoms with Gasteiger partial charge in [0.15, 0.2) is 5.75 Å². The fourth-order valence-corrected chi connectivity index (χ4v) is 1.13. The zero-order valence-corrected chi connectivity index (χ0v) is 7.78. The molecule has 0 aliphatic rings. The molecule has 0 amide bonds. The predicted octanol–water partition coefficient (Wildman–Crippen LogP) is 0.687. The van der Waals surface area contributed by atoms with Gasteiger partial charge in [-0.05, 0) is 0 Å². The first-order chi connectivity index (χ1) is 7.47. The molecule has 9 heteroatoms. The van der Waals surface area contributed by atoms with Crippen LogP contribution in [0.2, 0.25) is 0 Å². The summed E-state index contributed by atoms with van der Waals surface area (Å²) < 4.78 is 0. The summed E-state index contributed by atoms with van der Waals surface area (Å²) in [7, 11) is 0. The summed E-state index contributed by atoms with van der Waals surface area (Å²) in [6.07, 6.45) is 0. The molecule has 1 aromatic carbocycles. The van der Waals surface area contributed by atoms with Gasteiger partial charge in [-0.3, -0.25) is 20.2 Å². The van der Waals surface area contributed by atoms with Crippen molar-refractivity contribution in [1.82, 2.24) is 5.48 Å². The highest BCUT2D eigenvalue weighted by Gasteiger charge is 2.23. The Bertz CT molecular complexity index is 446. The third-order valence-corrected chi connectivity index (χ3v) is 1.83. The first-order valence-corrected chi connectivity index (χ1v) is 3.99. The van der Waals surface area contributed by atoms with Crippen LogP contribution in [0, 0.1) is 20.2 Å². The van der Waals surface area contributed by atoms with Gasteiger partial charge in [-0.15, -0.1) is 0 Å². The number of aromatic hydroxyl groups is 1. The van der Waals surface area contributed by atoms with Crippen molar-refractivity contribution in [3.05, 3.63) is 37.9 Å². The molecule has 0 bridgehead atoms. The molecular formula is C7H7N3O6. The average molecular weight is 229 g/mol. The fourth-order valence-electron chi connectivity index (χ4n) is 1.13. The molecule has 0 atom stereocenters. The van der Waals surface area contributed by atoms with Gasteiger partial charge >= 0.3 is 5.69 Å². The Labute approximate surface area is 88.2 Å². The second kappa shape index (κ2) is 4.51. The lowest BCUT2D eigenvalue weighted by Gasteiger charge is -2.03. The molecule has 0 aromatic heterocycles. The molecule has 16 heavy (non-hydrogen) atoms. The van der Waals surface area contributed by atoms with Gasteiger partial charge in [0.25, 0.3) is 5.69 Å². The monoisotopic (exact) mass is 229 g/mol. The lowest BCUT2D eigenvalue weighted by atomic mass is 10.1. The maximum atomic E-state index is 10.5. The SMILES string of the molecule is O=[N+]([O-])c1cc(CNO)c(O)c([N+](=O)[O-])c1. The molecule has 86 valence electrons. The molecule has 0 spiro atoms. The van der Waals surface area contributed by atoms with Crippen LogP contribution in [0.4, 0.5) is 11.4 Å². The van der Waals surface area contributed by atoms with E-state index in [9.17, 15) is 25.3 Å². The number of non-ortho nitro benzene ring substituents is 1. The van der Waals surface area contributed by atoms with E-state index in [1.165, 1.54) is 0 Å². The predicted molar refractivity (Wildman–Crippen MR) is 50.0 cm³/mol. The van der Waals surface area contributed by atoms with Crippen molar-refractivity contribution in [1.29, 1.82) is 0 Å². The molecule has 1 rings (SSSR count). The molecule has 0 saturated carbocycles. The Balaban J connectivity index is 3.38. The minimum Gasteiger partial charge on any atom is -0.502 e. The summed E-state index contributed by atoms with van der Waals surface area (Å²) in [5, 5.41) is 38.7. The fraction of sp³-hybridized carbons (Fsp3) is 0.143. The van der Waals surface area contributed by atoms with Crippen LogP contribution in [0.15, 0.2) is 12.1 Å². The highest BCUT2D eigenvalue weighted by atomic mass is 16.6. The Morgan fingerprint density at radius 1 is 1.25 bits per heavy atom. The van der Waals surface area contributed by atoms with E-state index in [0.717, 1.165) is 6.07 Å². The number of nitro benzene ring substituents is 2. The van der Waals surface area contributed by atoms with Crippen molar-refractivity contribution in [2.24, 2.45) is 0 Å². The van der Waals surface area contributed by atoms with Crippen molar-refractivity contribution in [3.8, 4) is 5.75 Å². The summed E-state index contributed by atoms with van der Waals surface area (Å²) in [6.45, 7) is -0.339. The molecule has 1 aromatic rings. The lowest BCUT2D eigenvalue weighted by molar-refractivity contribution is -0.394. The molecule has 0 heterocycles. The maximum absolute atomic E-state index is 10.5. The minimum atomic E-state index is -0.941. The third-order valence-electron chi connectivity index (χ3n) is 1.83. The molecular weight excluding hydrogens is 222 g/mol. The van der Waals surface area contributed by atoms with E-state index in [0.29, 0.717) is 6.07 Å². The Morgan fingerprint density at radius 3 is 2.31 bits per heavy atom. The number of benzene rings is 1. The van der Waals surface area contributed by atoms with E-state index in [1.54, 1.807) is 5.48 Å². The second-order valence-corrected chi connectivity index (χ2v) is 2.82. The Hall–Kier alpha value is -2.26. The van der Waals surface area contributed by atoms with Gasteiger partial charge in [0.05, 0.1) is 15.9 Å². The van der Waals surface area contributed by atoms with E-state index in [4.69, 9.17) is 5.21 Å². The van der Waals surface area contributed by atoms with E-state index in [2.05, 4.69) is 0 Å². The largest absolute Gasteiger partial charge is 0.502 e. The summed E-state index contributed by atoms with van der Waals surface area (Å²) in [4.78, 5) is 19.2. The van der Waals surface area contributed by atoms with E-state index >= 15 is 0 Å². The number of hydrogen-bond donors (Lipinski definition) is 3. The molecule has 0 saturated heterocycles. The highest BCUT2D eigenvalue weighted by molar-refractivity contribution is 5.57. The minimum absolute atomic E-state index is 0.136. The smallest absolute Gasteiger partial charge is 0.317 e. The average Bonchev–Trinajstić information content (AvgIpc) is 2.20. The zero-order valence-electron chi connectivity index (χ0n) is 7.78. The summed E-state index contributed by atoms with van der Waals surface area (Å²) >= 11 is 0. The maximum Gasteiger partial charge on any atom is 0.317 e. The number of rotatable bonds is 4. The van der Waals surface area contributed by atoms with Crippen molar-refractivity contribution >= 4 is 11.4 Å². The number of nitrogens with zero attached hydrogens (tertiary/aromatic N) is 2. The number of hydrogen-bond acceptors (Lipinski definition) is 7. The summed E-state index contributed by atoms with van der Waals surface area (Å²) in [6, 6.07) is 1.59. The van der Waals surface area contributed by atoms with Gasteiger partial charge in [-0.25, -0.2) is 5.48 Å². The van der Waals surface area contributed by atoms with Crippen LogP contribution in [-0.2, 0) is 6.54 Å². The summed E-state index contributed by atoms with van der Waals surface area (Å²) in [5.74, 6) is -0.711. The number of hydroxylamine groups is 1. The topological polar surface area (TPSA) is 139 Å². The molecule has 0 aliphatic heterocycles. The Morgan fingerprint density at radius 2 is 1.88 bits per heavy atom. The van der Waals surface area contributed by atoms with Crippen LogP contribution in [-0.4, -0.2) is 20.2 Å². The van der Waals surface area contributed by atoms with Crippen LogP contribution in [0.25, 0.3) is 0 Å². The zero-order chi connectivity index (χ0) is 12.3. The van der Waals surface area contributed by atoms with Gasteiger partial charge in [0.2, 0.25) is 0 Å². The summed E-state index contributed by atoms with van der Waals surface area (Å²) in [5.41, 5.74) is 0.205. The van der Waals surface area contributed by atoms with Crippen LogP contribution < -0.4 is 5.48 Å². The van der Waals surface area contributed by atoms with Crippen LogP contribution >= 0.6 is 0 Å². The molecule has 0 unspecified atom stereocenters. The molecule has 0 fully saturated rings. The Kier molecular flexibility index (Phi) is 3.33. The number of phenols is 1. The first kappa shape index (κ1) is 11.8. The van der Waals surface area contributed by atoms with Gasteiger partial charge in [0.1, 0.15) is 0 Å². The molecule has 0 aliphatic carbocycles. The third kappa shape index (κ3) is 2.21. The van der Waals surface area contributed by atoms with Crippen LogP contribution in [0.1, 0.15) is 5.56 Å². The van der Waals surface area contributed by atoms with E-state index in [-0.39, 0.29) is 12.1 Å². The van der Waals surface area contributed by atoms with Crippen molar-refractivity contribution in [2.45, 2.75) is 6.54 Å². The van der Waals surface area contributed by atoms with Crippen molar-refractivity contribution < 1.29 is 20.2 Å².